The van der Waals surface area contributed by atoms with Crippen LogP contribution in [0.15, 0.2) is 0 Å². The second kappa shape index (κ2) is 7.70. The van der Waals surface area contributed by atoms with Gasteiger partial charge >= 0.3 is 5.97 Å². The van der Waals surface area contributed by atoms with Crippen molar-refractivity contribution in [1.29, 1.82) is 0 Å². The van der Waals surface area contributed by atoms with Crippen LogP contribution in [0.1, 0.15) is 65.2 Å². The van der Waals surface area contributed by atoms with E-state index in [4.69, 9.17) is 4.74 Å². The van der Waals surface area contributed by atoms with Crippen LogP contribution in [0.25, 0.3) is 0 Å². The zero-order valence-electron chi connectivity index (χ0n) is 10.8. The van der Waals surface area contributed by atoms with Gasteiger partial charge in [0.05, 0.1) is 12.5 Å². The first-order valence-corrected chi connectivity index (χ1v) is 6.96. The second-order valence-electron chi connectivity index (χ2n) is 4.93. The summed E-state index contributed by atoms with van der Waals surface area (Å²) in [5, 5.41) is 0. The smallest absolute Gasteiger partial charge is 0.309 e. The molecule has 0 spiro atoms. The minimum Gasteiger partial charge on any atom is -0.465 e. The first-order chi connectivity index (χ1) is 7.79. The molecule has 0 saturated heterocycles. The molecule has 0 amide bonds. The van der Waals surface area contributed by atoms with E-state index in [9.17, 15) is 4.79 Å². The maximum Gasteiger partial charge on any atom is 0.309 e. The van der Waals surface area contributed by atoms with Crippen LogP contribution in [0, 0.1) is 11.8 Å². The highest BCUT2D eigenvalue weighted by Gasteiger charge is 2.28. The quantitative estimate of drug-likeness (QED) is 0.506. The Balaban J connectivity index is 2.35. The monoisotopic (exact) mass is 226 g/mol. The number of rotatable bonds is 6. The first-order valence-electron chi connectivity index (χ1n) is 6.96. The van der Waals surface area contributed by atoms with Gasteiger partial charge in [0.2, 0.25) is 0 Å². The van der Waals surface area contributed by atoms with Crippen molar-refractivity contribution in [2.45, 2.75) is 65.2 Å². The predicted molar refractivity (Wildman–Crippen MR) is 66.2 cm³/mol. The lowest BCUT2D eigenvalue weighted by Crippen LogP contribution is -2.27. The molecule has 1 fully saturated rings. The summed E-state index contributed by atoms with van der Waals surface area (Å²) >= 11 is 0. The Hall–Kier alpha value is -0.530. The largest absolute Gasteiger partial charge is 0.465 e. The third-order valence-corrected chi connectivity index (χ3v) is 3.70. The van der Waals surface area contributed by atoms with Crippen LogP contribution in [-0.4, -0.2) is 12.6 Å². The van der Waals surface area contributed by atoms with Crippen molar-refractivity contribution in [3.05, 3.63) is 0 Å². The van der Waals surface area contributed by atoms with Gasteiger partial charge in [-0.3, -0.25) is 4.79 Å². The van der Waals surface area contributed by atoms with Gasteiger partial charge < -0.3 is 4.74 Å². The van der Waals surface area contributed by atoms with Gasteiger partial charge in [-0.15, -0.1) is 0 Å². The summed E-state index contributed by atoms with van der Waals surface area (Å²) in [6.07, 6.45) is 9.41. The molecule has 94 valence electrons. The topological polar surface area (TPSA) is 26.3 Å². The van der Waals surface area contributed by atoms with Crippen LogP contribution in [0.3, 0.4) is 0 Å². The minimum absolute atomic E-state index is 0.0582. The molecule has 0 aliphatic heterocycles. The average Bonchev–Trinajstić information content (AvgIpc) is 2.32. The van der Waals surface area contributed by atoms with Gasteiger partial charge in [0.25, 0.3) is 0 Å². The van der Waals surface area contributed by atoms with E-state index in [0.717, 1.165) is 19.3 Å². The number of unbranched alkanes of at least 4 members (excludes halogenated alkanes) is 1. The van der Waals surface area contributed by atoms with E-state index in [0.29, 0.717) is 12.5 Å². The number of carbonyl (C=O) groups is 1. The van der Waals surface area contributed by atoms with Crippen molar-refractivity contribution in [3.8, 4) is 0 Å². The Morgan fingerprint density at radius 1 is 1.25 bits per heavy atom. The average molecular weight is 226 g/mol. The minimum atomic E-state index is 0.0582. The fourth-order valence-electron chi connectivity index (χ4n) is 2.65. The van der Waals surface area contributed by atoms with Crippen molar-refractivity contribution in [2.24, 2.45) is 11.8 Å². The molecule has 2 nitrogen and oxygen atoms in total. The lowest BCUT2D eigenvalue weighted by Gasteiger charge is -2.28. The third kappa shape index (κ3) is 4.15. The van der Waals surface area contributed by atoms with E-state index in [1.54, 1.807) is 0 Å². The molecule has 0 aromatic carbocycles. The van der Waals surface area contributed by atoms with Crippen LogP contribution >= 0.6 is 0 Å². The molecule has 0 N–H and O–H groups in total. The van der Waals surface area contributed by atoms with Gasteiger partial charge in [0.1, 0.15) is 0 Å². The van der Waals surface area contributed by atoms with Crippen molar-refractivity contribution in [2.75, 3.05) is 6.61 Å². The zero-order valence-corrected chi connectivity index (χ0v) is 10.8. The highest BCUT2D eigenvalue weighted by Crippen LogP contribution is 2.32. The van der Waals surface area contributed by atoms with Crippen molar-refractivity contribution < 1.29 is 9.53 Å². The molecule has 0 heterocycles. The fraction of sp³-hybridized carbons (Fsp3) is 0.929. The Kier molecular flexibility index (Phi) is 6.51. The number of ether oxygens (including phenoxy) is 1. The number of hydrogen-bond acceptors (Lipinski definition) is 2. The zero-order chi connectivity index (χ0) is 11.8. The molecule has 1 atom stereocenters. The van der Waals surface area contributed by atoms with Crippen LogP contribution in [0.2, 0.25) is 0 Å². The van der Waals surface area contributed by atoms with Crippen molar-refractivity contribution in [1.82, 2.24) is 0 Å². The van der Waals surface area contributed by atoms with Crippen LogP contribution in [0.4, 0.5) is 0 Å². The Bertz CT molecular complexity index is 195. The maximum absolute atomic E-state index is 11.9. The molecule has 1 aliphatic rings. The van der Waals surface area contributed by atoms with Gasteiger partial charge in [0.15, 0.2) is 0 Å². The van der Waals surface area contributed by atoms with Crippen LogP contribution in [0.5, 0.6) is 0 Å². The highest BCUT2D eigenvalue weighted by atomic mass is 16.5. The maximum atomic E-state index is 11.9. The summed E-state index contributed by atoms with van der Waals surface area (Å²) in [7, 11) is 0. The molecule has 1 unspecified atom stereocenters. The molecule has 1 aliphatic carbocycles. The fourth-order valence-corrected chi connectivity index (χ4v) is 2.65. The van der Waals surface area contributed by atoms with E-state index in [1.165, 1.54) is 32.1 Å². The number of carbonyl (C=O) groups excluding carboxylic acids is 1. The molecule has 0 radical (unpaired) electrons. The molecule has 1 rings (SSSR count). The third-order valence-electron chi connectivity index (χ3n) is 3.70. The van der Waals surface area contributed by atoms with E-state index in [2.05, 4.69) is 13.8 Å². The van der Waals surface area contributed by atoms with Crippen LogP contribution in [-0.2, 0) is 9.53 Å². The number of esters is 1. The molecule has 0 aromatic rings. The van der Waals surface area contributed by atoms with Gasteiger partial charge in [-0.25, -0.2) is 0 Å². The van der Waals surface area contributed by atoms with Crippen molar-refractivity contribution in [3.63, 3.8) is 0 Å². The van der Waals surface area contributed by atoms with Crippen LogP contribution < -0.4 is 0 Å². The van der Waals surface area contributed by atoms with Gasteiger partial charge in [0, 0.05) is 0 Å². The van der Waals surface area contributed by atoms with Gasteiger partial charge in [-0.1, -0.05) is 39.5 Å². The van der Waals surface area contributed by atoms with E-state index >= 15 is 0 Å². The Morgan fingerprint density at radius 3 is 2.50 bits per heavy atom. The summed E-state index contributed by atoms with van der Waals surface area (Å²) in [6.45, 7) is 4.84. The first kappa shape index (κ1) is 13.5. The normalized spacial score (nSPS) is 19.4. The molecule has 16 heavy (non-hydrogen) atoms. The number of hydrogen-bond donors (Lipinski definition) is 0. The Morgan fingerprint density at radius 2 is 1.94 bits per heavy atom. The van der Waals surface area contributed by atoms with Gasteiger partial charge in [-0.05, 0) is 31.6 Å². The standard InChI is InChI=1S/C14H26O2/c1-3-5-11-16-14(15)13(4-2)12-9-7-6-8-10-12/h12-13H,3-11H2,1-2H3. The second-order valence-corrected chi connectivity index (χ2v) is 4.93. The molecule has 0 bridgehead atoms. The Labute approximate surface area is 99.8 Å². The lowest BCUT2D eigenvalue weighted by molar-refractivity contribution is -0.151. The molecule has 0 aromatic heterocycles. The highest BCUT2D eigenvalue weighted by molar-refractivity contribution is 5.72. The molecular weight excluding hydrogens is 200 g/mol. The molecule has 2 heteroatoms. The van der Waals surface area contributed by atoms with E-state index in [1.807, 2.05) is 0 Å². The summed E-state index contributed by atoms with van der Waals surface area (Å²) in [5.74, 6) is 0.813. The van der Waals surface area contributed by atoms with Crippen molar-refractivity contribution >= 4 is 5.97 Å². The molecular formula is C14H26O2. The summed E-state index contributed by atoms with van der Waals surface area (Å²) in [4.78, 5) is 11.9. The van der Waals surface area contributed by atoms with Gasteiger partial charge in [-0.2, -0.15) is 0 Å². The summed E-state index contributed by atoms with van der Waals surface area (Å²) < 4.78 is 5.35. The SMILES string of the molecule is CCCCOC(=O)C(CC)C1CCCCC1. The lowest BCUT2D eigenvalue weighted by atomic mass is 9.79. The predicted octanol–water partition coefficient (Wildman–Crippen LogP) is 3.94. The summed E-state index contributed by atoms with van der Waals surface area (Å²) in [6, 6.07) is 0. The van der Waals surface area contributed by atoms with E-state index in [-0.39, 0.29) is 11.9 Å². The summed E-state index contributed by atoms with van der Waals surface area (Å²) in [5.41, 5.74) is 0. The van der Waals surface area contributed by atoms with E-state index < -0.39 is 0 Å². The molecule has 1 saturated carbocycles.